The number of rotatable bonds is 4. The fourth-order valence-corrected chi connectivity index (χ4v) is 4.20. The van der Waals surface area contributed by atoms with Gasteiger partial charge in [-0.05, 0) is 55.5 Å². The van der Waals surface area contributed by atoms with Gasteiger partial charge in [-0.2, -0.15) is 0 Å². The molecule has 0 aromatic heterocycles. The highest BCUT2D eigenvalue weighted by atomic mass is 19.1. The highest BCUT2D eigenvalue weighted by molar-refractivity contribution is 5.51. The Morgan fingerprint density at radius 1 is 0.958 bits per heavy atom. The molecule has 2 aliphatic rings. The Balaban J connectivity index is 1.60. The molecule has 1 fully saturated rings. The van der Waals surface area contributed by atoms with Crippen LogP contribution in [0.2, 0.25) is 0 Å². The smallest absolute Gasteiger partial charge is 0.146 e. The average Bonchev–Trinajstić information content (AvgIpc) is 3.05. The number of piperidine rings is 1. The molecule has 0 spiro atoms. The van der Waals surface area contributed by atoms with E-state index in [1.807, 2.05) is 12.1 Å². The zero-order valence-corrected chi connectivity index (χ0v) is 14.0. The maximum Gasteiger partial charge on any atom is 0.146 e. The third-order valence-electron chi connectivity index (χ3n) is 5.46. The Morgan fingerprint density at radius 2 is 1.67 bits per heavy atom. The largest absolute Gasteiger partial charge is 0.364 e. The zero-order valence-electron chi connectivity index (χ0n) is 14.0. The predicted molar refractivity (Wildman–Crippen MR) is 97.0 cm³/mol. The first kappa shape index (κ1) is 15.6. The summed E-state index contributed by atoms with van der Waals surface area (Å²) in [4.78, 5) is 2.32. The molecular formula is C21H25FN2. The molecule has 2 aromatic carbocycles. The summed E-state index contributed by atoms with van der Waals surface area (Å²) in [7, 11) is 0. The van der Waals surface area contributed by atoms with Crippen LogP contribution in [0.25, 0.3) is 0 Å². The van der Waals surface area contributed by atoms with Gasteiger partial charge < -0.3 is 10.2 Å². The van der Waals surface area contributed by atoms with Crippen LogP contribution >= 0.6 is 0 Å². The predicted octanol–water partition coefficient (Wildman–Crippen LogP) is 3.94. The molecule has 2 nitrogen and oxygen atoms in total. The Bertz CT molecular complexity index is 669. The molecule has 1 N–H and O–H groups in total. The van der Waals surface area contributed by atoms with Gasteiger partial charge in [0.2, 0.25) is 0 Å². The number of fused-ring (bicyclic) bond motifs is 1. The van der Waals surface area contributed by atoms with E-state index in [4.69, 9.17) is 0 Å². The molecule has 0 radical (unpaired) electrons. The summed E-state index contributed by atoms with van der Waals surface area (Å²) in [6.45, 7) is 1.97. The summed E-state index contributed by atoms with van der Waals surface area (Å²) in [5.74, 6) is -0.107. The van der Waals surface area contributed by atoms with Crippen molar-refractivity contribution < 1.29 is 4.39 Å². The lowest BCUT2D eigenvalue weighted by atomic mass is 10.0. The molecule has 3 heteroatoms. The number of para-hydroxylation sites is 1. The molecule has 4 rings (SSSR count). The van der Waals surface area contributed by atoms with E-state index >= 15 is 0 Å². The number of nitrogens with zero attached hydrogens (tertiary/aromatic N) is 1. The Morgan fingerprint density at radius 3 is 2.33 bits per heavy atom. The maximum atomic E-state index is 14.5. The quantitative estimate of drug-likeness (QED) is 0.916. The molecule has 1 aliphatic heterocycles. The molecule has 1 heterocycles. The molecule has 126 valence electrons. The van der Waals surface area contributed by atoms with Gasteiger partial charge >= 0.3 is 0 Å². The molecular weight excluding hydrogens is 299 g/mol. The number of halogens is 1. The number of hydrogen-bond donors (Lipinski definition) is 1. The van der Waals surface area contributed by atoms with Gasteiger partial charge in [-0.25, -0.2) is 4.39 Å². The minimum atomic E-state index is -0.107. The third kappa shape index (κ3) is 3.18. The van der Waals surface area contributed by atoms with Gasteiger partial charge in [0.1, 0.15) is 5.82 Å². The lowest BCUT2D eigenvalue weighted by Gasteiger charge is -2.36. The van der Waals surface area contributed by atoms with E-state index in [0.29, 0.717) is 12.1 Å². The summed E-state index contributed by atoms with van der Waals surface area (Å²) in [6, 6.07) is 16.7. The van der Waals surface area contributed by atoms with Gasteiger partial charge in [0.25, 0.3) is 0 Å². The van der Waals surface area contributed by atoms with Crippen LogP contribution in [-0.2, 0) is 12.8 Å². The van der Waals surface area contributed by atoms with Crippen molar-refractivity contribution in [3.05, 3.63) is 65.5 Å². The summed E-state index contributed by atoms with van der Waals surface area (Å²) in [5, 5.41) is 3.62. The molecule has 2 aromatic rings. The summed E-state index contributed by atoms with van der Waals surface area (Å²) >= 11 is 0. The molecule has 0 bridgehead atoms. The van der Waals surface area contributed by atoms with Crippen LogP contribution in [0, 0.1) is 5.82 Å². The van der Waals surface area contributed by atoms with Crippen LogP contribution in [0.4, 0.5) is 10.1 Å². The van der Waals surface area contributed by atoms with E-state index in [1.54, 1.807) is 12.1 Å². The van der Waals surface area contributed by atoms with Gasteiger partial charge in [0.15, 0.2) is 0 Å². The average molecular weight is 324 g/mol. The van der Waals surface area contributed by atoms with Crippen LogP contribution in [-0.4, -0.2) is 25.2 Å². The molecule has 1 unspecified atom stereocenters. The van der Waals surface area contributed by atoms with Crippen molar-refractivity contribution in [2.24, 2.45) is 0 Å². The standard InChI is InChI=1S/C21H25FN2/c22-20-10-3-4-11-21(20)24(15-18-9-5-6-12-23-18)19-13-16-7-1-2-8-17(16)14-19/h1-4,7-8,10-11,18-19,23H,5-6,9,12-15H2. The zero-order chi connectivity index (χ0) is 16.4. The topological polar surface area (TPSA) is 15.3 Å². The molecule has 1 aliphatic carbocycles. The van der Waals surface area contributed by atoms with E-state index in [9.17, 15) is 4.39 Å². The van der Waals surface area contributed by atoms with E-state index in [-0.39, 0.29) is 5.82 Å². The van der Waals surface area contributed by atoms with Gasteiger partial charge in [0.05, 0.1) is 5.69 Å². The lowest BCUT2D eigenvalue weighted by Crippen LogP contribution is -2.48. The summed E-state index contributed by atoms with van der Waals surface area (Å²) in [6.07, 6.45) is 5.73. The van der Waals surface area contributed by atoms with E-state index in [0.717, 1.165) is 31.6 Å². The van der Waals surface area contributed by atoms with Crippen molar-refractivity contribution in [1.29, 1.82) is 0 Å². The number of hydrogen-bond acceptors (Lipinski definition) is 2. The van der Waals surface area contributed by atoms with Gasteiger partial charge in [-0.1, -0.05) is 42.8 Å². The monoisotopic (exact) mass is 324 g/mol. The molecule has 0 saturated carbocycles. The third-order valence-corrected chi connectivity index (χ3v) is 5.46. The van der Waals surface area contributed by atoms with Crippen molar-refractivity contribution >= 4 is 5.69 Å². The normalized spacial score (nSPS) is 20.8. The molecule has 0 amide bonds. The van der Waals surface area contributed by atoms with Crippen LogP contribution in [0.1, 0.15) is 30.4 Å². The second kappa shape index (κ2) is 6.94. The molecule has 24 heavy (non-hydrogen) atoms. The van der Waals surface area contributed by atoms with Gasteiger partial charge in [0, 0.05) is 18.6 Å². The highest BCUT2D eigenvalue weighted by Gasteiger charge is 2.30. The first-order valence-corrected chi connectivity index (χ1v) is 9.12. The fraction of sp³-hybridized carbons (Fsp3) is 0.429. The number of anilines is 1. The Labute approximate surface area is 143 Å². The van der Waals surface area contributed by atoms with Crippen LogP contribution in [0.5, 0.6) is 0 Å². The Hall–Kier alpha value is -1.87. The van der Waals surface area contributed by atoms with E-state index < -0.39 is 0 Å². The molecule has 1 saturated heterocycles. The van der Waals surface area contributed by atoms with Gasteiger partial charge in [-0.3, -0.25) is 0 Å². The number of benzene rings is 2. The lowest BCUT2D eigenvalue weighted by molar-refractivity contribution is 0.388. The van der Waals surface area contributed by atoms with Crippen LogP contribution < -0.4 is 10.2 Å². The SMILES string of the molecule is Fc1ccccc1N(CC1CCCCN1)C1Cc2ccccc2C1. The molecule has 1 atom stereocenters. The minimum absolute atomic E-state index is 0.107. The van der Waals surface area contributed by atoms with Crippen molar-refractivity contribution in [3.8, 4) is 0 Å². The number of nitrogens with one attached hydrogen (secondary N) is 1. The van der Waals surface area contributed by atoms with Crippen molar-refractivity contribution in [1.82, 2.24) is 5.32 Å². The summed E-state index contributed by atoms with van der Waals surface area (Å²) < 4.78 is 14.5. The van der Waals surface area contributed by atoms with Crippen molar-refractivity contribution in [2.75, 3.05) is 18.0 Å². The van der Waals surface area contributed by atoms with Gasteiger partial charge in [-0.15, -0.1) is 0 Å². The summed E-state index contributed by atoms with van der Waals surface area (Å²) in [5.41, 5.74) is 3.59. The van der Waals surface area contributed by atoms with Crippen LogP contribution in [0.15, 0.2) is 48.5 Å². The van der Waals surface area contributed by atoms with E-state index in [1.165, 1.54) is 30.4 Å². The second-order valence-electron chi connectivity index (χ2n) is 7.08. The second-order valence-corrected chi connectivity index (χ2v) is 7.08. The Kier molecular flexibility index (Phi) is 4.52. The first-order valence-electron chi connectivity index (χ1n) is 9.12. The fourth-order valence-electron chi connectivity index (χ4n) is 4.20. The van der Waals surface area contributed by atoms with Crippen molar-refractivity contribution in [2.45, 2.75) is 44.2 Å². The maximum absolute atomic E-state index is 14.5. The van der Waals surface area contributed by atoms with Crippen LogP contribution in [0.3, 0.4) is 0 Å². The highest BCUT2D eigenvalue weighted by Crippen LogP contribution is 2.31. The van der Waals surface area contributed by atoms with E-state index in [2.05, 4.69) is 34.5 Å². The minimum Gasteiger partial charge on any atom is -0.364 e. The first-order chi connectivity index (χ1) is 11.8. The van der Waals surface area contributed by atoms with Crippen molar-refractivity contribution in [3.63, 3.8) is 0 Å².